The lowest BCUT2D eigenvalue weighted by molar-refractivity contribution is 0.673. The second-order valence-electron chi connectivity index (χ2n) is 6.07. The molecular formula is C17H27IN8. The van der Waals surface area contributed by atoms with E-state index < -0.39 is 0 Å². The molecule has 2 aromatic rings. The minimum Gasteiger partial charge on any atom is -0.357 e. The van der Waals surface area contributed by atoms with E-state index in [0.29, 0.717) is 13.1 Å². The number of hydrogen-bond donors (Lipinski definition) is 2. The van der Waals surface area contributed by atoms with Crippen molar-refractivity contribution in [2.24, 2.45) is 12.0 Å². The van der Waals surface area contributed by atoms with Gasteiger partial charge in [0.25, 0.3) is 0 Å². The van der Waals surface area contributed by atoms with E-state index in [1.165, 1.54) is 12.8 Å². The molecule has 2 aromatic heterocycles. The van der Waals surface area contributed by atoms with Gasteiger partial charge in [0.05, 0.1) is 13.1 Å². The first-order valence-corrected chi connectivity index (χ1v) is 8.81. The summed E-state index contributed by atoms with van der Waals surface area (Å²) < 4.78 is 1.75. The third-order valence-electron chi connectivity index (χ3n) is 4.22. The highest BCUT2D eigenvalue weighted by molar-refractivity contribution is 14.0. The SMILES string of the molecule is CCNC(=NCc1ccnc(N2CCCC2)c1)NCc1ncnn1C.I. The van der Waals surface area contributed by atoms with Crippen LogP contribution in [0.2, 0.25) is 0 Å². The monoisotopic (exact) mass is 470 g/mol. The van der Waals surface area contributed by atoms with Crippen LogP contribution in [-0.4, -0.2) is 45.3 Å². The van der Waals surface area contributed by atoms with Crippen molar-refractivity contribution in [1.82, 2.24) is 30.4 Å². The Kier molecular flexibility index (Phi) is 8.07. The van der Waals surface area contributed by atoms with E-state index in [4.69, 9.17) is 0 Å². The first-order valence-electron chi connectivity index (χ1n) is 8.81. The van der Waals surface area contributed by atoms with Crippen molar-refractivity contribution in [3.8, 4) is 0 Å². The lowest BCUT2D eigenvalue weighted by atomic mass is 10.2. The molecule has 0 bridgehead atoms. The number of aliphatic imine (C=N–C) groups is 1. The summed E-state index contributed by atoms with van der Waals surface area (Å²) in [5.74, 6) is 2.69. The van der Waals surface area contributed by atoms with Crippen LogP contribution in [0.4, 0.5) is 5.82 Å². The lowest BCUT2D eigenvalue weighted by Crippen LogP contribution is -2.37. The second kappa shape index (κ2) is 10.3. The first kappa shape index (κ1) is 20.4. The third-order valence-corrected chi connectivity index (χ3v) is 4.22. The maximum atomic E-state index is 4.67. The molecule has 3 rings (SSSR count). The van der Waals surface area contributed by atoms with Gasteiger partial charge in [0.2, 0.25) is 0 Å². The molecule has 2 N–H and O–H groups in total. The number of halogens is 1. The minimum atomic E-state index is 0. The average Bonchev–Trinajstić information content (AvgIpc) is 3.29. The van der Waals surface area contributed by atoms with Crippen LogP contribution in [-0.2, 0) is 20.1 Å². The Bertz CT molecular complexity index is 708. The van der Waals surface area contributed by atoms with Gasteiger partial charge < -0.3 is 15.5 Å². The minimum absolute atomic E-state index is 0. The van der Waals surface area contributed by atoms with Crippen molar-refractivity contribution >= 4 is 35.8 Å². The van der Waals surface area contributed by atoms with Crippen LogP contribution in [0, 0.1) is 0 Å². The van der Waals surface area contributed by atoms with Gasteiger partial charge in [-0.25, -0.2) is 15.0 Å². The quantitative estimate of drug-likeness (QED) is 0.380. The maximum absolute atomic E-state index is 4.67. The number of aromatic nitrogens is 4. The molecule has 0 saturated carbocycles. The Balaban J connectivity index is 0.00000243. The van der Waals surface area contributed by atoms with E-state index in [9.17, 15) is 0 Å². The molecule has 0 spiro atoms. The Morgan fingerprint density at radius 2 is 2.04 bits per heavy atom. The molecule has 0 aromatic carbocycles. The van der Waals surface area contributed by atoms with E-state index >= 15 is 0 Å². The number of rotatable bonds is 6. The average molecular weight is 470 g/mol. The molecule has 0 amide bonds. The smallest absolute Gasteiger partial charge is 0.191 e. The van der Waals surface area contributed by atoms with Crippen molar-refractivity contribution in [3.05, 3.63) is 36.0 Å². The standard InChI is InChI=1S/C17H26N8.HI/c1-3-18-17(21-12-16-22-13-23-24(16)2)20-11-14-6-7-19-15(10-14)25-8-4-5-9-25;/h6-7,10,13H,3-5,8-9,11-12H2,1-2H3,(H2,18,20,21);1H. The molecule has 0 radical (unpaired) electrons. The molecule has 8 nitrogen and oxygen atoms in total. The van der Waals surface area contributed by atoms with Crippen LogP contribution >= 0.6 is 24.0 Å². The van der Waals surface area contributed by atoms with Gasteiger partial charge in [-0.05, 0) is 37.5 Å². The Hall–Kier alpha value is -1.91. The summed E-state index contributed by atoms with van der Waals surface area (Å²) >= 11 is 0. The van der Waals surface area contributed by atoms with E-state index in [2.05, 4.69) is 48.6 Å². The van der Waals surface area contributed by atoms with Gasteiger partial charge in [-0.1, -0.05) is 0 Å². The normalized spacial score (nSPS) is 14.2. The Morgan fingerprint density at radius 3 is 2.73 bits per heavy atom. The van der Waals surface area contributed by atoms with Gasteiger partial charge in [-0.15, -0.1) is 24.0 Å². The Morgan fingerprint density at radius 1 is 1.23 bits per heavy atom. The zero-order valence-electron chi connectivity index (χ0n) is 15.4. The van der Waals surface area contributed by atoms with Gasteiger partial charge in [0.1, 0.15) is 18.0 Å². The molecule has 1 saturated heterocycles. The lowest BCUT2D eigenvalue weighted by Gasteiger charge is -2.16. The molecule has 142 valence electrons. The van der Waals surface area contributed by atoms with Crippen LogP contribution in [0.25, 0.3) is 0 Å². The second-order valence-corrected chi connectivity index (χ2v) is 6.07. The van der Waals surface area contributed by atoms with E-state index in [1.54, 1.807) is 11.0 Å². The number of nitrogens with one attached hydrogen (secondary N) is 2. The summed E-state index contributed by atoms with van der Waals surface area (Å²) in [6.45, 7) is 6.25. The van der Waals surface area contributed by atoms with E-state index in [-0.39, 0.29) is 24.0 Å². The molecule has 1 aliphatic heterocycles. The summed E-state index contributed by atoms with van der Waals surface area (Å²) in [6, 6.07) is 4.16. The van der Waals surface area contributed by atoms with E-state index in [0.717, 1.165) is 42.8 Å². The number of pyridine rings is 1. The topological polar surface area (TPSA) is 83.3 Å². The van der Waals surface area contributed by atoms with Crippen LogP contribution in [0.1, 0.15) is 31.2 Å². The van der Waals surface area contributed by atoms with Crippen LogP contribution < -0.4 is 15.5 Å². The van der Waals surface area contributed by atoms with Gasteiger partial charge in [0.15, 0.2) is 5.96 Å². The van der Waals surface area contributed by atoms with Gasteiger partial charge in [-0.3, -0.25) is 4.68 Å². The predicted octanol–water partition coefficient (Wildman–Crippen LogP) is 1.68. The number of aryl methyl sites for hydroxylation is 1. The van der Waals surface area contributed by atoms with Crippen molar-refractivity contribution in [2.45, 2.75) is 32.9 Å². The molecule has 26 heavy (non-hydrogen) atoms. The van der Waals surface area contributed by atoms with Crippen molar-refractivity contribution in [1.29, 1.82) is 0 Å². The number of hydrogen-bond acceptors (Lipinski definition) is 5. The molecule has 9 heteroatoms. The summed E-state index contributed by atoms with van der Waals surface area (Å²) in [5.41, 5.74) is 1.16. The molecule has 0 aliphatic carbocycles. The van der Waals surface area contributed by atoms with Gasteiger partial charge >= 0.3 is 0 Å². The largest absolute Gasteiger partial charge is 0.357 e. The fraction of sp³-hybridized carbons (Fsp3) is 0.529. The third kappa shape index (κ3) is 5.55. The highest BCUT2D eigenvalue weighted by atomic mass is 127. The summed E-state index contributed by atoms with van der Waals surface area (Å²) in [4.78, 5) is 15.7. The predicted molar refractivity (Wildman–Crippen MR) is 114 cm³/mol. The molecule has 0 atom stereocenters. The first-order chi connectivity index (χ1) is 12.3. The van der Waals surface area contributed by atoms with Gasteiger partial charge in [-0.2, -0.15) is 5.10 Å². The highest BCUT2D eigenvalue weighted by Gasteiger charge is 2.13. The summed E-state index contributed by atoms with van der Waals surface area (Å²) in [5, 5.41) is 10.6. The van der Waals surface area contributed by atoms with E-state index in [1.807, 2.05) is 19.3 Å². The molecule has 3 heterocycles. The fourth-order valence-corrected chi connectivity index (χ4v) is 2.83. The number of anilines is 1. The molecule has 1 fully saturated rings. The maximum Gasteiger partial charge on any atom is 0.191 e. The summed E-state index contributed by atoms with van der Waals surface area (Å²) in [7, 11) is 1.88. The fourth-order valence-electron chi connectivity index (χ4n) is 2.83. The number of nitrogens with zero attached hydrogens (tertiary/aromatic N) is 6. The van der Waals surface area contributed by atoms with Crippen molar-refractivity contribution < 1.29 is 0 Å². The van der Waals surface area contributed by atoms with Crippen LogP contribution in [0.15, 0.2) is 29.6 Å². The van der Waals surface area contributed by atoms with Gasteiger partial charge in [0, 0.05) is 32.9 Å². The highest BCUT2D eigenvalue weighted by Crippen LogP contribution is 2.18. The van der Waals surface area contributed by atoms with Crippen LogP contribution in [0.3, 0.4) is 0 Å². The zero-order valence-corrected chi connectivity index (χ0v) is 17.7. The molecule has 1 aliphatic rings. The summed E-state index contributed by atoms with van der Waals surface area (Å²) in [6.07, 6.45) is 5.93. The molecular weight excluding hydrogens is 443 g/mol. The Labute approximate surface area is 171 Å². The van der Waals surface area contributed by atoms with Crippen molar-refractivity contribution in [2.75, 3.05) is 24.5 Å². The number of guanidine groups is 1. The molecule has 0 unspecified atom stereocenters. The van der Waals surface area contributed by atoms with Crippen molar-refractivity contribution in [3.63, 3.8) is 0 Å². The zero-order chi connectivity index (χ0) is 17.5. The van der Waals surface area contributed by atoms with Crippen LogP contribution in [0.5, 0.6) is 0 Å².